The maximum absolute atomic E-state index is 9.00. The van der Waals surface area contributed by atoms with Crippen LogP contribution in [0.3, 0.4) is 0 Å². The number of hydrogen-bond acceptors (Lipinski definition) is 5. The third-order valence-corrected chi connectivity index (χ3v) is 2.06. The van der Waals surface area contributed by atoms with Gasteiger partial charge >= 0.3 is 7.12 Å². The topological polar surface area (TPSA) is 83.2 Å². The first kappa shape index (κ1) is 10.7. The predicted octanol–water partition coefficient (Wildman–Crippen LogP) is -0.762. The lowest BCUT2D eigenvalue weighted by Crippen LogP contribution is -2.29. The van der Waals surface area contributed by atoms with Gasteiger partial charge in [-0.1, -0.05) is 0 Å². The van der Waals surface area contributed by atoms with Crippen molar-refractivity contribution in [3.8, 4) is 0 Å². The van der Waals surface area contributed by atoms with Gasteiger partial charge in [0.15, 0.2) is 0 Å². The van der Waals surface area contributed by atoms with E-state index in [0.717, 1.165) is 5.69 Å². The smallest absolute Gasteiger partial charge is 0.423 e. The molecule has 0 aliphatic carbocycles. The Morgan fingerprint density at radius 3 is 2.88 bits per heavy atom. The lowest BCUT2D eigenvalue weighted by atomic mass is 9.81. The standard InChI is InChI=1S/C9H11BN4O2/c1-14-6-8(5-12-14)13-9-4-7(10(15)16)2-3-11-9/h2-6,15-16H,1H3,(H,11,13). The molecule has 0 bridgehead atoms. The Bertz CT molecular complexity index is 486. The van der Waals surface area contributed by atoms with Gasteiger partial charge in [-0.05, 0) is 17.6 Å². The molecule has 0 aliphatic rings. The van der Waals surface area contributed by atoms with Crippen LogP contribution in [0.4, 0.5) is 11.5 Å². The van der Waals surface area contributed by atoms with Crippen LogP contribution in [-0.4, -0.2) is 31.9 Å². The highest BCUT2D eigenvalue weighted by Crippen LogP contribution is 2.11. The number of hydrogen-bond donors (Lipinski definition) is 3. The molecule has 2 heterocycles. The van der Waals surface area contributed by atoms with E-state index in [1.807, 2.05) is 7.05 Å². The molecule has 0 aromatic carbocycles. The largest absolute Gasteiger partial charge is 0.488 e. The van der Waals surface area contributed by atoms with E-state index >= 15 is 0 Å². The number of aryl methyl sites for hydroxylation is 1. The van der Waals surface area contributed by atoms with E-state index in [9.17, 15) is 0 Å². The molecule has 0 aliphatic heterocycles. The van der Waals surface area contributed by atoms with Crippen molar-refractivity contribution in [3.05, 3.63) is 30.7 Å². The van der Waals surface area contributed by atoms with Crippen molar-refractivity contribution >= 4 is 24.1 Å². The lowest BCUT2D eigenvalue weighted by Gasteiger charge is -2.04. The van der Waals surface area contributed by atoms with Crippen molar-refractivity contribution in [2.45, 2.75) is 0 Å². The number of aromatic nitrogens is 3. The molecule has 16 heavy (non-hydrogen) atoms. The molecule has 0 fully saturated rings. The van der Waals surface area contributed by atoms with Gasteiger partial charge in [0.05, 0.1) is 11.9 Å². The second-order valence-electron chi connectivity index (χ2n) is 3.38. The normalized spacial score (nSPS) is 10.2. The lowest BCUT2D eigenvalue weighted by molar-refractivity contribution is 0.425. The first-order chi connectivity index (χ1) is 7.65. The van der Waals surface area contributed by atoms with E-state index < -0.39 is 7.12 Å². The zero-order valence-corrected chi connectivity index (χ0v) is 8.70. The molecule has 7 heteroatoms. The molecule has 0 saturated heterocycles. The number of nitrogens with zero attached hydrogens (tertiary/aromatic N) is 3. The fourth-order valence-electron chi connectivity index (χ4n) is 1.31. The first-order valence-electron chi connectivity index (χ1n) is 4.73. The Kier molecular flexibility index (Phi) is 2.89. The van der Waals surface area contributed by atoms with Crippen molar-refractivity contribution in [2.75, 3.05) is 5.32 Å². The van der Waals surface area contributed by atoms with Crippen molar-refractivity contribution in [1.82, 2.24) is 14.8 Å². The summed E-state index contributed by atoms with van der Waals surface area (Å²) in [7, 11) is 0.324. The van der Waals surface area contributed by atoms with Gasteiger partial charge in [-0.15, -0.1) is 0 Å². The first-order valence-corrected chi connectivity index (χ1v) is 4.73. The number of anilines is 2. The minimum Gasteiger partial charge on any atom is -0.423 e. The number of pyridine rings is 1. The monoisotopic (exact) mass is 218 g/mol. The number of rotatable bonds is 3. The van der Waals surface area contributed by atoms with Crippen LogP contribution in [0.5, 0.6) is 0 Å². The summed E-state index contributed by atoms with van der Waals surface area (Å²) in [5.41, 5.74) is 1.18. The van der Waals surface area contributed by atoms with Gasteiger partial charge < -0.3 is 15.4 Å². The Hall–Kier alpha value is -1.86. The molecule has 0 amide bonds. The van der Waals surface area contributed by atoms with E-state index in [1.54, 1.807) is 29.2 Å². The molecule has 0 atom stereocenters. The highest BCUT2D eigenvalue weighted by atomic mass is 16.4. The van der Waals surface area contributed by atoms with Crippen LogP contribution in [0.2, 0.25) is 0 Å². The quantitative estimate of drug-likeness (QED) is 0.589. The highest BCUT2D eigenvalue weighted by Gasteiger charge is 2.11. The van der Waals surface area contributed by atoms with Crippen LogP contribution in [-0.2, 0) is 7.05 Å². The van der Waals surface area contributed by atoms with E-state index in [2.05, 4.69) is 15.4 Å². The Balaban J connectivity index is 2.18. The molecular weight excluding hydrogens is 207 g/mol. The maximum Gasteiger partial charge on any atom is 0.488 e. The second kappa shape index (κ2) is 4.34. The average Bonchev–Trinajstić information content (AvgIpc) is 2.64. The van der Waals surface area contributed by atoms with Crippen molar-refractivity contribution < 1.29 is 10.0 Å². The van der Waals surface area contributed by atoms with Gasteiger partial charge in [0.2, 0.25) is 0 Å². The van der Waals surface area contributed by atoms with E-state index in [4.69, 9.17) is 10.0 Å². The van der Waals surface area contributed by atoms with Gasteiger partial charge in [0, 0.05) is 19.4 Å². The highest BCUT2D eigenvalue weighted by molar-refractivity contribution is 6.58. The molecule has 3 N–H and O–H groups in total. The molecule has 0 saturated carbocycles. The van der Waals surface area contributed by atoms with Crippen LogP contribution in [0.15, 0.2) is 30.7 Å². The Morgan fingerprint density at radius 1 is 1.44 bits per heavy atom. The molecule has 82 valence electrons. The summed E-state index contributed by atoms with van der Waals surface area (Å²) in [5, 5.41) is 25.0. The van der Waals surface area contributed by atoms with Crippen LogP contribution in [0.25, 0.3) is 0 Å². The zero-order valence-electron chi connectivity index (χ0n) is 8.70. The molecule has 0 spiro atoms. The molecule has 0 radical (unpaired) electrons. The predicted molar refractivity (Wildman–Crippen MR) is 60.6 cm³/mol. The maximum atomic E-state index is 9.00. The molecule has 2 rings (SSSR count). The molecular formula is C9H11BN4O2. The molecule has 6 nitrogen and oxygen atoms in total. The van der Waals surface area contributed by atoms with Gasteiger partial charge in [-0.25, -0.2) is 4.98 Å². The average molecular weight is 218 g/mol. The van der Waals surface area contributed by atoms with Gasteiger partial charge in [0.25, 0.3) is 0 Å². The second-order valence-corrected chi connectivity index (χ2v) is 3.38. The van der Waals surface area contributed by atoms with Crippen LogP contribution in [0.1, 0.15) is 0 Å². The summed E-state index contributed by atoms with van der Waals surface area (Å²) in [6, 6.07) is 3.11. The fraction of sp³-hybridized carbons (Fsp3) is 0.111. The Labute approximate surface area is 92.7 Å². The van der Waals surface area contributed by atoms with Gasteiger partial charge in [-0.2, -0.15) is 5.10 Å². The number of nitrogens with one attached hydrogen (secondary N) is 1. The summed E-state index contributed by atoms with van der Waals surface area (Å²) in [4.78, 5) is 4.06. The van der Waals surface area contributed by atoms with Crippen molar-refractivity contribution in [1.29, 1.82) is 0 Å². The molecule has 2 aromatic heterocycles. The summed E-state index contributed by atoms with van der Waals surface area (Å²) in [6.45, 7) is 0. The SMILES string of the molecule is Cn1cc(Nc2cc(B(O)O)ccn2)cn1. The van der Waals surface area contributed by atoms with Crippen molar-refractivity contribution in [3.63, 3.8) is 0 Å². The van der Waals surface area contributed by atoms with E-state index in [0.29, 0.717) is 11.3 Å². The molecule has 2 aromatic rings. The van der Waals surface area contributed by atoms with Crippen molar-refractivity contribution in [2.24, 2.45) is 7.05 Å². The molecule has 0 unspecified atom stereocenters. The zero-order chi connectivity index (χ0) is 11.5. The third-order valence-electron chi connectivity index (χ3n) is 2.06. The third kappa shape index (κ3) is 2.39. The fourth-order valence-corrected chi connectivity index (χ4v) is 1.31. The van der Waals surface area contributed by atoms with E-state index in [-0.39, 0.29) is 0 Å². The summed E-state index contributed by atoms with van der Waals surface area (Å²) in [6.07, 6.45) is 4.96. The van der Waals surface area contributed by atoms with Crippen LogP contribution >= 0.6 is 0 Å². The van der Waals surface area contributed by atoms with Crippen LogP contribution in [0, 0.1) is 0 Å². The minimum atomic E-state index is -1.49. The minimum absolute atomic E-state index is 0.390. The van der Waals surface area contributed by atoms with Gasteiger partial charge in [-0.3, -0.25) is 4.68 Å². The summed E-state index contributed by atoms with van der Waals surface area (Å²) >= 11 is 0. The summed E-state index contributed by atoms with van der Waals surface area (Å²) in [5.74, 6) is 0.540. The summed E-state index contributed by atoms with van der Waals surface area (Å²) < 4.78 is 1.66. The van der Waals surface area contributed by atoms with E-state index in [1.165, 1.54) is 6.20 Å². The van der Waals surface area contributed by atoms with Gasteiger partial charge in [0.1, 0.15) is 5.82 Å². The van der Waals surface area contributed by atoms with Crippen LogP contribution < -0.4 is 10.8 Å². The Morgan fingerprint density at radius 2 is 2.25 bits per heavy atom.